The molecule has 0 aliphatic heterocycles. The van der Waals surface area contributed by atoms with Crippen LogP contribution in [0.1, 0.15) is 23.7 Å². The number of carbonyl (C=O) groups excluding carboxylic acids is 1. The van der Waals surface area contributed by atoms with Gasteiger partial charge < -0.3 is 5.32 Å². The molecule has 0 saturated heterocycles. The molecular formula is C10H10BrCl2NO3S. The van der Waals surface area contributed by atoms with E-state index in [1.54, 1.807) is 0 Å². The summed E-state index contributed by atoms with van der Waals surface area (Å²) in [6, 6.07) is 2.40. The van der Waals surface area contributed by atoms with Crippen LogP contribution in [0.4, 0.5) is 0 Å². The van der Waals surface area contributed by atoms with Gasteiger partial charge in [-0.15, -0.1) is 0 Å². The SMILES string of the molecule is CCCNC(=O)c1cc(S(=O)(=O)Cl)cc(Br)c1Cl. The Hall–Kier alpha value is -0.300. The second-order valence-electron chi connectivity index (χ2n) is 3.46. The van der Waals surface area contributed by atoms with Gasteiger partial charge in [0.05, 0.1) is 15.5 Å². The van der Waals surface area contributed by atoms with Gasteiger partial charge in [-0.2, -0.15) is 0 Å². The minimum atomic E-state index is -3.92. The summed E-state index contributed by atoms with van der Waals surface area (Å²) < 4.78 is 22.8. The van der Waals surface area contributed by atoms with Gasteiger partial charge in [0.25, 0.3) is 15.0 Å². The van der Waals surface area contributed by atoms with Gasteiger partial charge >= 0.3 is 0 Å². The number of nitrogens with one attached hydrogen (secondary N) is 1. The van der Waals surface area contributed by atoms with Crippen LogP contribution in [0.25, 0.3) is 0 Å². The van der Waals surface area contributed by atoms with Gasteiger partial charge in [-0.25, -0.2) is 8.42 Å². The largest absolute Gasteiger partial charge is 0.352 e. The van der Waals surface area contributed by atoms with E-state index in [1.165, 1.54) is 6.07 Å². The molecule has 0 atom stereocenters. The fraction of sp³-hybridized carbons (Fsp3) is 0.300. The first-order chi connectivity index (χ1) is 8.27. The Morgan fingerprint density at radius 3 is 2.56 bits per heavy atom. The lowest BCUT2D eigenvalue weighted by atomic mass is 10.2. The molecule has 0 spiro atoms. The van der Waals surface area contributed by atoms with Gasteiger partial charge in [-0.05, 0) is 34.5 Å². The van der Waals surface area contributed by atoms with E-state index in [2.05, 4.69) is 21.2 Å². The predicted molar refractivity (Wildman–Crippen MR) is 74.8 cm³/mol. The van der Waals surface area contributed by atoms with E-state index in [0.29, 0.717) is 11.0 Å². The number of amides is 1. The van der Waals surface area contributed by atoms with Crippen LogP contribution in [-0.4, -0.2) is 20.9 Å². The van der Waals surface area contributed by atoms with Crippen LogP contribution >= 0.6 is 38.2 Å². The summed E-state index contributed by atoms with van der Waals surface area (Å²) in [4.78, 5) is 11.6. The normalized spacial score (nSPS) is 11.3. The molecule has 0 bridgehead atoms. The van der Waals surface area contributed by atoms with Crippen molar-refractivity contribution >= 4 is 53.2 Å². The minimum absolute atomic E-state index is 0.0683. The van der Waals surface area contributed by atoms with Crippen LogP contribution in [0.5, 0.6) is 0 Å². The third-order valence-electron chi connectivity index (χ3n) is 2.06. The Bertz CT molecular complexity index is 575. The summed E-state index contributed by atoms with van der Waals surface area (Å²) in [6.45, 7) is 2.38. The molecule has 0 fully saturated rings. The quantitative estimate of drug-likeness (QED) is 0.823. The zero-order valence-corrected chi connectivity index (χ0v) is 13.3. The Balaban J connectivity index is 3.27. The standard InChI is InChI=1S/C10H10BrCl2NO3S/c1-2-3-14-10(15)7-4-6(18(13,16)17)5-8(11)9(7)12/h4-5H,2-3H2,1H3,(H,14,15). The molecule has 0 aliphatic rings. The number of carbonyl (C=O) groups is 1. The fourth-order valence-electron chi connectivity index (χ4n) is 1.20. The van der Waals surface area contributed by atoms with Crippen molar-refractivity contribution in [3.8, 4) is 0 Å². The van der Waals surface area contributed by atoms with Gasteiger partial charge in [-0.1, -0.05) is 18.5 Å². The summed E-state index contributed by atoms with van der Waals surface area (Å²) in [6.07, 6.45) is 0.762. The van der Waals surface area contributed by atoms with Crippen LogP contribution in [-0.2, 0) is 9.05 Å². The summed E-state index contributed by atoms with van der Waals surface area (Å²) in [7, 11) is 1.33. The Morgan fingerprint density at radius 1 is 1.44 bits per heavy atom. The van der Waals surface area contributed by atoms with E-state index in [4.69, 9.17) is 22.3 Å². The molecule has 0 unspecified atom stereocenters. The second kappa shape index (κ2) is 6.23. The third kappa shape index (κ3) is 3.85. The van der Waals surface area contributed by atoms with Crippen molar-refractivity contribution in [1.29, 1.82) is 0 Å². The number of hydrogen-bond donors (Lipinski definition) is 1. The lowest BCUT2D eigenvalue weighted by Crippen LogP contribution is -2.24. The minimum Gasteiger partial charge on any atom is -0.352 e. The highest BCUT2D eigenvalue weighted by Crippen LogP contribution is 2.31. The highest BCUT2D eigenvalue weighted by molar-refractivity contribution is 9.10. The highest BCUT2D eigenvalue weighted by Gasteiger charge is 2.19. The van der Waals surface area contributed by atoms with Crippen molar-refractivity contribution in [1.82, 2.24) is 5.32 Å². The van der Waals surface area contributed by atoms with E-state index in [0.717, 1.165) is 12.5 Å². The van der Waals surface area contributed by atoms with Crippen molar-refractivity contribution in [2.45, 2.75) is 18.2 Å². The van der Waals surface area contributed by atoms with E-state index in [-0.39, 0.29) is 15.5 Å². The summed E-state index contributed by atoms with van der Waals surface area (Å²) in [5, 5.41) is 2.76. The number of benzene rings is 1. The van der Waals surface area contributed by atoms with Crippen LogP contribution in [0, 0.1) is 0 Å². The van der Waals surface area contributed by atoms with Gasteiger partial charge in [0.15, 0.2) is 0 Å². The molecule has 4 nitrogen and oxygen atoms in total. The highest BCUT2D eigenvalue weighted by atomic mass is 79.9. The summed E-state index contributed by atoms with van der Waals surface area (Å²) in [5.74, 6) is -0.440. The summed E-state index contributed by atoms with van der Waals surface area (Å²) >= 11 is 9.03. The van der Waals surface area contributed by atoms with Gasteiger partial charge in [0.1, 0.15) is 0 Å². The van der Waals surface area contributed by atoms with E-state index < -0.39 is 15.0 Å². The van der Waals surface area contributed by atoms with Crippen molar-refractivity contribution in [3.63, 3.8) is 0 Å². The monoisotopic (exact) mass is 373 g/mol. The smallest absolute Gasteiger partial charge is 0.261 e. The zero-order valence-electron chi connectivity index (χ0n) is 9.34. The fourth-order valence-corrected chi connectivity index (χ4v) is 2.80. The maximum Gasteiger partial charge on any atom is 0.261 e. The molecule has 18 heavy (non-hydrogen) atoms. The van der Waals surface area contributed by atoms with Crippen LogP contribution in [0.15, 0.2) is 21.5 Å². The first-order valence-corrected chi connectivity index (χ1v) is 8.47. The van der Waals surface area contributed by atoms with Gasteiger partial charge in [0, 0.05) is 21.7 Å². The number of hydrogen-bond acceptors (Lipinski definition) is 3. The molecule has 0 aliphatic carbocycles. The number of rotatable bonds is 4. The Kier molecular flexibility index (Phi) is 5.46. The van der Waals surface area contributed by atoms with Crippen molar-refractivity contribution in [2.75, 3.05) is 6.54 Å². The van der Waals surface area contributed by atoms with Crippen LogP contribution in [0.2, 0.25) is 5.02 Å². The molecule has 8 heteroatoms. The molecule has 0 aromatic heterocycles. The lowest BCUT2D eigenvalue weighted by Gasteiger charge is -2.08. The second-order valence-corrected chi connectivity index (χ2v) is 7.26. The average Bonchev–Trinajstić information content (AvgIpc) is 2.27. The maximum absolute atomic E-state index is 11.8. The van der Waals surface area contributed by atoms with Crippen molar-refractivity contribution < 1.29 is 13.2 Å². The average molecular weight is 375 g/mol. The maximum atomic E-state index is 11.8. The third-order valence-corrected chi connectivity index (χ3v) is 4.66. The Morgan fingerprint density at radius 2 is 2.06 bits per heavy atom. The van der Waals surface area contributed by atoms with Crippen molar-refractivity contribution in [3.05, 3.63) is 27.2 Å². The van der Waals surface area contributed by atoms with Crippen molar-refractivity contribution in [2.24, 2.45) is 0 Å². The molecule has 0 saturated carbocycles. The molecule has 0 heterocycles. The molecule has 1 rings (SSSR count). The molecule has 0 radical (unpaired) electrons. The zero-order chi connectivity index (χ0) is 13.9. The Labute approximate surface area is 123 Å². The predicted octanol–water partition coefficient (Wildman–Crippen LogP) is 3.17. The van der Waals surface area contributed by atoms with E-state index >= 15 is 0 Å². The topological polar surface area (TPSA) is 63.2 Å². The lowest BCUT2D eigenvalue weighted by molar-refractivity contribution is 0.0953. The van der Waals surface area contributed by atoms with Crippen LogP contribution in [0.3, 0.4) is 0 Å². The van der Waals surface area contributed by atoms with E-state index in [9.17, 15) is 13.2 Å². The molecule has 100 valence electrons. The number of halogens is 3. The molecule has 1 aromatic carbocycles. The molecule has 1 N–H and O–H groups in total. The molecule has 1 aromatic rings. The first-order valence-electron chi connectivity index (χ1n) is 4.99. The first kappa shape index (κ1) is 15.8. The molecular weight excluding hydrogens is 365 g/mol. The van der Waals surface area contributed by atoms with Gasteiger partial charge in [0.2, 0.25) is 0 Å². The van der Waals surface area contributed by atoms with E-state index in [1.807, 2.05) is 6.92 Å². The summed E-state index contributed by atoms with van der Waals surface area (Å²) in [5.41, 5.74) is 0.0683. The van der Waals surface area contributed by atoms with Crippen LogP contribution < -0.4 is 5.32 Å². The molecule has 1 amide bonds. The van der Waals surface area contributed by atoms with Gasteiger partial charge in [-0.3, -0.25) is 4.79 Å².